The monoisotopic (exact) mass is 321 g/mol. The molecule has 0 unspecified atom stereocenters. The summed E-state index contributed by atoms with van der Waals surface area (Å²) in [4.78, 5) is 0. The molecular formula is C10H13Br2NO. The van der Waals surface area contributed by atoms with E-state index < -0.39 is 0 Å². The third kappa shape index (κ3) is 4.98. The zero-order chi connectivity index (χ0) is 10.2. The van der Waals surface area contributed by atoms with Crippen molar-refractivity contribution in [3.8, 4) is 5.75 Å². The fourth-order valence-electron chi connectivity index (χ4n) is 0.990. The first-order chi connectivity index (χ1) is 6.83. The number of alkyl halides is 1. The van der Waals surface area contributed by atoms with Gasteiger partial charge >= 0.3 is 0 Å². The second kappa shape index (κ2) is 7.26. The van der Waals surface area contributed by atoms with Crippen LogP contribution in [0.3, 0.4) is 0 Å². The Morgan fingerprint density at radius 3 is 2.86 bits per heavy atom. The van der Waals surface area contributed by atoms with Gasteiger partial charge in [0.25, 0.3) is 0 Å². The Morgan fingerprint density at radius 1 is 1.29 bits per heavy atom. The topological polar surface area (TPSA) is 21.3 Å². The lowest BCUT2D eigenvalue weighted by Crippen LogP contribution is -2.22. The van der Waals surface area contributed by atoms with E-state index in [4.69, 9.17) is 4.74 Å². The molecule has 0 heterocycles. The predicted octanol–water partition coefficient (Wildman–Crippen LogP) is 2.81. The number of halogens is 2. The van der Waals surface area contributed by atoms with Crippen LogP contribution in [-0.2, 0) is 0 Å². The van der Waals surface area contributed by atoms with Crippen molar-refractivity contribution >= 4 is 31.9 Å². The highest BCUT2D eigenvalue weighted by molar-refractivity contribution is 9.10. The van der Waals surface area contributed by atoms with Crippen LogP contribution in [0.15, 0.2) is 28.7 Å². The largest absolute Gasteiger partial charge is 0.492 e. The maximum atomic E-state index is 5.53. The van der Waals surface area contributed by atoms with E-state index in [1.165, 1.54) is 0 Å². The average molecular weight is 323 g/mol. The summed E-state index contributed by atoms with van der Waals surface area (Å²) < 4.78 is 6.57. The summed E-state index contributed by atoms with van der Waals surface area (Å²) in [5.41, 5.74) is 0. The first-order valence-electron chi connectivity index (χ1n) is 4.48. The summed E-state index contributed by atoms with van der Waals surface area (Å²) in [6.45, 7) is 2.55. The van der Waals surface area contributed by atoms with Crippen LogP contribution >= 0.6 is 31.9 Å². The van der Waals surface area contributed by atoms with Crippen LogP contribution in [0.2, 0.25) is 0 Å². The summed E-state index contributed by atoms with van der Waals surface area (Å²) in [5.74, 6) is 0.903. The summed E-state index contributed by atoms with van der Waals surface area (Å²) in [7, 11) is 0. The molecule has 0 aliphatic rings. The average Bonchev–Trinajstić information content (AvgIpc) is 2.18. The van der Waals surface area contributed by atoms with Gasteiger partial charge in [-0.25, -0.2) is 0 Å². The third-order valence-electron chi connectivity index (χ3n) is 1.61. The van der Waals surface area contributed by atoms with Crippen molar-refractivity contribution in [3.05, 3.63) is 28.7 Å². The standard InChI is InChI=1S/C10H13Br2NO/c11-4-5-13-6-7-14-10-3-1-2-9(12)8-10/h1-3,8,13H,4-7H2. The summed E-state index contributed by atoms with van der Waals surface area (Å²) in [6.07, 6.45) is 0. The summed E-state index contributed by atoms with van der Waals surface area (Å²) in [6, 6.07) is 7.86. The highest BCUT2D eigenvalue weighted by Crippen LogP contribution is 2.17. The molecule has 0 aliphatic heterocycles. The van der Waals surface area contributed by atoms with Crippen LogP contribution in [0.25, 0.3) is 0 Å². The van der Waals surface area contributed by atoms with Crippen molar-refractivity contribution in [2.45, 2.75) is 0 Å². The molecule has 0 bridgehead atoms. The van der Waals surface area contributed by atoms with E-state index in [0.717, 1.165) is 28.6 Å². The third-order valence-corrected chi connectivity index (χ3v) is 2.50. The van der Waals surface area contributed by atoms with Crippen LogP contribution in [0.1, 0.15) is 0 Å². The molecule has 0 saturated carbocycles. The number of ether oxygens (including phenoxy) is 1. The Hall–Kier alpha value is -0.0600. The van der Waals surface area contributed by atoms with Gasteiger partial charge in [0.2, 0.25) is 0 Å². The highest BCUT2D eigenvalue weighted by atomic mass is 79.9. The first kappa shape index (κ1) is 12.0. The van der Waals surface area contributed by atoms with E-state index in [-0.39, 0.29) is 0 Å². The van der Waals surface area contributed by atoms with Gasteiger partial charge in [-0.2, -0.15) is 0 Å². The van der Waals surface area contributed by atoms with Crippen molar-refractivity contribution in [2.75, 3.05) is 25.0 Å². The zero-order valence-electron chi connectivity index (χ0n) is 7.80. The lowest BCUT2D eigenvalue weighted by atomic mass is 10.3. The van der Waals surface area contributed by atoms with Gasteiger partial charge in [0.1, 0.15) is 12.4 Å². The first-order valence-corrected chi connectivity index (χ1v) is 6.39. The summed E-state index contributed by atoms with van der Waals surface area (Å²) >= 11 is 6.74. The van der Waals surface area contributed by atoms with Crippen LogP contribution in [0, 0.1) is 0 Å². The van der Waals surface area contributed by atoms with Gasteiger partial charge in [-0.15, -0.1) is 0 Å². The lowest BCUT2D eigenvalue weighted by Gasteiger charge is -2.06. The van der Waals surface area contributed by atoms with Crippen LogP contribution in [-0.4, -0.2) is 25.0 Å². The summed E-state index contributed by atoms with van der Waals surface area (Å²) in [5, 5.41) is 4.21. The molecule has 78 valence electrons. The maximum Gasteiger partial charge on any atom is 0.120 e. The Balaban J connectivity index is 2.18. The van der Waals surface area contributed by atoms with Crippen LogP contribution in [0.5, 0.6) is 5.75 Å². The van der Waals surface area contributed by atoms with Crippen molar-refractivity contribution in [3.63, 3.8) is 0 Å². The molecule has 2 nitrogen and oxygen atoms in total. The molecule has 1 N–H and O–H groups in total. The Bertz CT molecular complexity index is 268. The molecular weight excluding hydrogens is 310 g/mol. The molecule has 1 aromatic carbocycles. The van der Waals surface area contributed by atoms with Crippen LogP contribution in [0.4, 0.5) is 0 Å². The van der Waals surface area contributed by atoms with Crippen molar-refractivity contribution in [2.24, 2.45) is 0 Å². The van der Waals surface area contributed by atoms with Crippen molar-refractivity contribution in [1.29, 1.82) is 0 Å². The molecule has 0 amide bonds. The molecule has 0 spiro atoms. The second-order valence-electron chi connectivity index (χ2n) is 2.74. The number of rotatable bonds is 6. The number of hydrogen-bond donors (Lipinski definition) is 1. The SMILES string of the molecule is BrCCNCCOc1cccc(Br)c1. The van der Waals surface area contributed by atoms with Crippen molar-refractivity contribution in [1.82, 2.24) is 5.32 Å². The smallest absolute Gasteiger partial charge is 0.120 e. The molecule has 0 fully saturated rings. The molecule has 1 aromatic rings. The van der Waals surface area contributed by atoms with E-state index in [0.29, 0.717) is 6.61 Å². The van der Waals surface area contributed by atoms with Gasteiger partial charge in [0.15, 0.2) is 0 Å². The molecule has 0 aromatic heterocycles. The molecule has 0 saturated heterocycles. The molecule has 1 rings (SSSR count). The van der Waals surface area contributed by atoms with E-state index in [9.17, 15) is 0 Å². The van der Waals surface area contributed by atoms with Gasteiger partial charge in [0, 0.05) is 22.9 Å². The molecule has 14 heavy (non-hydrogen) atoms. The lowest BCUT2D eigenvalue weighted by molar-refractivity contribution is 0.315. The van der Waals surface area contributed by atoms with Gasteiger partial charge in [-0.1, -0.05) is 37.9 Å². The van der Waals surface area contributed by atoms with Gasteiger partial charge in [0.05, 0.1) is 0 Å². The quantitative estimate of drug-likeness (QED) is 0.642. The number of nitrogens with one attached hydrogen (secondary N) is 1. The molecule has 0 atom stereocenters. The van der Waals surface area contributed by atoms with E-state index in [2.05, 4.69) is 37.2 Å². The Labute approximate surface area is 101 Å². The normalized spacial score (nSPS) is 10.1. The van der Waals surface area contributed by atoms with Gasteiger partial charge in [-0.3, -0.25) is 0 Å². The minimum atomic E-state index is 0.698. The van der Waals surface area contributed by atoms with E-state index in [1.807, 2.05) is 24.3 Å². The van der Waals surface area contributed by atoms with Crippen molar-refractivity contribution < 1.29 is 4.74 Å². The minimum Gasteiger partial charge on any atom is -0.492 e. The number of benzene rings is 1. The van der Waals surface area contributed by atoms with Gasteiger partial charge < -0.3 is 10.1 Å². The Kier molecular flexibility index (Phi) is 6.23. The molecule has 4 heteroatoms. The zero-order valence-corrected chi connectivity index (χ0v) is 11.0. The Morgan fingerprint density at radius 2 is 2.14 bits per heavy atom. The second-order valence-corrected chi connectivity index (χ2v) is 4.45. The van der Waals surface area contributed by atoms with E-state index >= 15 is 0 Å². The highest BCUT2D eigenvalue weighted by Gasteiger charge is 1.93. The fraction of sp³-hybridized carbons (Fsp3) is 0.400. The van der Waals surface area contributed by atoms with Gasteiger partial charge in [-0.05, 0) is 18.2 Å². The minimum absolute atomic E-state index is 0.698. The predicted molar refractivity (Wildman–Crippen MR) is 66.3 cm³/mol. The van der Waals surface area contributed by atoms with Crippen LogP contribution < -0.4 is 10.1 Å². The fourth-order valence-corrected chi connectivity index (χ4v) is 1.65. The molecule has 0 aliphatic carbocycles. The molecule has 0 radical (unpaired) electrons. The maximum absolute atomic E-state index is 5.53. The number of hydrogen-bond acceptors (Lipinski definition) is 2. The van der Waals surface area contributed by atoms with E-state index in [1.54, 1.807) is 0 Å².